The standard InChI is InChI=1S/C16H24ClN3O.ClH/c1-2-3-15(18)16(21)20-10-8-19(9-11-20)12-13-4-6-14(17)7-5-13;/h4-7,15H,2-3,8-12,18H2,1H3;1H. The molecule has 1 aliphatic heterocycles. The molecule has 1 fully saturated rings. The molecule has 2 rings (SSSR count). The van der Waals surface area contributed by atoms with E-state index in [0.29, 0.717) is 0 Å². The van der Waals surface area contributed by atoms with Crippen molar-refractivity contribution in [3.05, 3.63) is 34.9 Å². The van der Waals surface area contributed by atoms with E-state index in [2.05, 4.69) is 24.0 Å². The second-order valence-corrected chi connectivity index (χ2v) is 6.06. The van der Waals surface area contributed by atoms with Crippen LogP contribution < -0.4 is 5.73 Å². The van der Waals surface area contributed by atoms with Gasteiger partial charge in [-0.25, -0.2) is 0 Å². The summed E-state index contributed by atoms with van der Waals surface area (Å²) in [5, 5.41) is 0.763. The van der Waals surface area contributed by atoms with E-state index in [1.807, 2.05) is 17.0 Å². The number of nitrogens with zero attached hydrogens (tertiary/aromatic N) is 2. The lowest BCUT2D eigenvalue weighted by molar-refractivity contribution is -0.134. The normalized spacial score (nSPS) is 17.0. The van der Waals surface area contributed by atoms with Gasteiger partial charge in [-0.1, -0.05) is 37.1 Å². The van der Waals surface area contributed by atoms with Gasteiger partial charge in [0.15, 0.2) is 0 Å². The van der Waals surface area contributed by atoms with Crippen LogP contribution in [0.1, 0.15) is 25.3 Å². The molecule has 1 aliphatic rings. The van der Waals surface area contributed by atoms with E-state index in [9.17, 15) is 4.79 Å². The third-order valence-electron chi connectivity index (χ3n) is 3.92. The monoisotopic (exact) mass is 345 g/mol. The number of rotatable bonds is 5. The van der Waals surface area contributed by atoms with E-state index in [1.165, 1.54) is 5.56 Å². The Kier molecular flexibility index (Phi) is 8.18. The van der Waals surface area contributed by atoms with E-state index in [0.717, 1.165) is 50.6 Å². The van der Waals surface area contributed by atoms with Gasteiger partial charge < -0.3 is 10.6 Å². The lowest BCUT2D eigenvalue weighted by Crippen LogP contribution is -2.52. The van der Waals surface area contributed by atoms with Gasteiger partial charge in [0.25, 0.3) is 0 Å². The molecule has 1 atom stereocenters. The molecule has 0 aliphatic carbocycles. The minimum absolute atomic E-state index is 0. The average molecular weight is 346 g/mol. The fraction of sp³-hybridized carbons (Fsp3) is 0.562. The predicted molar refractivity (Wildman–Crippen MR) is 93.4 cm³/mol. The number of amides is 1. The quantitative estimate of drug-likeness (QED) is 0.891. The highest BCUT2D eigenvalue weighted by atomic mass is 35.5. The zero-order valence-corrected chi connectivity index (χ0v) is 14.6. The third kappa shape index (κ3) is 5.43. The van der Waals surface area contributed by atoms with Crippen molar-refractivity contribution in [1.82, 2.24) is 9.80 Å². The van der Waals surface area contributed by atoms with Crippen molar-refractivity contribution < 1.29 is 4.79 Å². The molecule has 1 heterocycles. The highest BCUT2D eigenvalue weighted by molar-refractivity contribution is 6.30. The maximum absolute atomic E-state index is 12.2. The van der Waals surface area contributed by atoms with Gasteiger partial charge in [-0.2, -0.15) is 0 Å². The number of hydrogen-bond donors (Lipinski definition) is 1. The summed E-state index contributed by atoms with van der Waals surface area (Å²) < 4.78 is 0. The van der Waals surface area contributed by atoms with Crippen LogP contribution in [0.4, 0.5) is 0 Å². The van der Waals surface area contributed by atoms with E-state index < -0.39 is 0 Å². The van der Waals surface area contributed by atoms with E-state index in [1.54, 1.807) is 0 Å². The molecule has 1 aromatic rings. The predicted octanol–water partition coefficient (Wildman–Crippen LogP) is 2.53. The van der Waals surface area contributed by atoms with Gasteiger partial charge >= 0.3 is 0 Å². The first-order chi connectivity index (χ1) is 10.1. The molecule has 0 bridgehead atoms. The molecule has 0 aromatic heterocycles. The van der Waals surface area contributed by atoms with Gasteiger partial charge in [-0.15, -0.1) is 12.4 Å². The molecule has 1 amide bonds. The van der Waals surface area contributed by atoms with Crippen molar-refractivity contribution in [2.75, 3.05) is 26.2 Å². The van der Waals surface area contributed by atoms with Gasteiger partial charge in [0, 0.05) is 37.7 Å². The minimum atomic E-state index is -0.335. The second-order valence-electron chi connectivity index (χ2n) is 5.62. The molecule has 4 nitrogen and oxygen atoms in total. The number of carbonyl (C=O) groups excluding carboxylic acids is 1. The molecular formula is C16H25Cl2N3O. The summed E-state index contributed by atoms with van der Waals surface area (Å²) >= 11 is 5.89. The average Bonchev–Trinajstić information content (AvgIpc) is 2.50. The molecule has 22 heavy (non-hydrogen) atoms. The first-order valence-electron chi connectivity index (χ1n) is 7.61. The van der Waals surface area contributed by atoms with E-state index >= 15 is 0 Å². The summed E-state index contributed by atoms with van der Waals surface area (Å²) in [4.78, 5) is 16.4. The number of benzene rings is 1. The Morgan fingerprint density at radius 1 is 1.23 bits per heavy atom. The molecule has 124 valence electrons. The van der Waals surface area contributed by atoms with Crippen LogP contribution in [0.3, 0.4) is 0 Å². The largest absolute Gasteiger partial charge is 0.339 e. The van der Waals surface area contributed by atoms with Gasteiger partial charge in [-0.3, -0.25) is 9.69 Å². The first-order valence-corrected chi connectivity index (χ1v) is 7.99. The summed E-state index contributed by atoms with van der Waals surface area (Å²) in [6.45, 7) is 6.28. The molecular weight excluding hydrogens is 321 g/mol. The first kappa shape index (κ1) is 19.2. The molecule has 1 unspecified atom stereocenters. The molecule has 0 radical (unpaired) electrons. The fourth-order valence-corrected chi connectivity index (χ4v) is 2.77. The Balaban J connectivity index is 0.00000242. The van der Waals surface area contributed by atoms with Crippen molar-refractivity contribution in [2.24, 2.45) is 5.73 Å². The number of piperazine rings is 1. The van der Waals surface area contributed by atoms with Gasteiger partial charge in [-0.05, 0) is 24.1 Å². The summed E-state index contributed by atoms with van der Waals surface area (Å²) in [7, 11) is 0. The Bertz CT molecular complexity index is 459. The van der Waals surface area contributed by atoms with Crippen LogP contribution >= 0.6 is 24.0 Å². The van der Waals surface area contributed by atoms with Crippen molar-refractivity contribution in [3.63, 3.8) is 0 Å². The van der Waals surface area contributed by atoms with E-state index in [4.69, 9.17) is 17.3 Å². The Labute approximate surface area is 144 Å². The maximum atomic E-state index is 12.2. The van der Waals surface area contributed by atoms with Crippen LogP contribution in [0.5, 0.6) is 0 Å². The smallest absolute Gasteiger partial charge is 0.239 e. The van der Waals surface area contributed by atoms with Gasteiger partial charge in [0.05, 0.1) is 6.04 Å². The number of carbonyl (C=O) groups is 1. The van der Waals surface area contributed by atoms with Gasteiger partial charge in [0.1, 0.15) is 0 Å². The van der Waals surface area contributed by atoms with Crippen LogP contribution in [0, 0.1) is 0 Å². The number of nitrogens with two attached hydrogens (primary N) is 1. The summed E-state index contributed by atoms with van der Waals surface area (Å²) in [6, 6.07) is 7.60. The van der Waals surface area contributed by atoms with Crippen molar-refractivity contribution in [3.8, 4) is 0 Å². The Hall–Kier alpha value is -0.810. The summed E-state index contributed by atoms with van der Waals surface area (Å²) in [6.07, 6.45) is 1.72. The van der Waals surface area contributed by atoms with Crippen molar-refractivity contribution in [1.29, 1.82) is 0 Å². The molecule has 1 saturated heterocycles. The lowest BCUT2D eigenvalue weighted by Gasteiger charge is -2.36. The highest BCUT2D eigenvalue weighted by Gasteiger charge is 2.24. The molecule has 0 saturated carbocycles. The SMILES string of the molecule is CCCC(N)C(=O)N1CCN(Cc2ccc(Cl)cc2)CC1.Cl. The van der Waals surface area contributed by atoms with Crippen molar-refractivity contribution in [2.45, 2.75) is 32.4 Å². The maximum Gasteiger partial charge on any atom is 0.239 e. The second kappa shape index (κ2) is 9.36. The Morgan fingerprint density at radius 2 is 1.82 bits per heavy atom. The zero-order valence-electron chi connectivity index (χ0n) is 13.0. The molecule has 1 aromatic carbocycles. The van der Waals surface area contributed by atoms with Crippen LogP contribution in [0.25, 0.3) is 0 Å². The summed E-state index contributed by atoms with van der Waals surface area (Å²) in [5.74, 6) is 0.1000. The fourth-order valence-electron chi connectivity index (χ4n) is 2.64. The van der Waals surface area contributed by atoms with E-state index in [-0.39, 0.29) is 24.4 Å². The summed E-state index contributed by atoms with van der Waals surface area (Å²) in [5.41, 5.74) is 7.17. The van der Waals surface area contributed by atoms with Gasteiger partial charge in [0.2, 0.25) is 5.91 Å². The minimum Gasteiger partial charge on any atom is -0.339 e. The number of halogens is 2. The lowest BCUT2D eigenvalue weighted by atomic mass is 10.1. The molecule has 2 N–H and O–H groups in total. The third-order valence-corrected chi connectivity index (χ3v) is 4.17. The topological polar surface area (TPSA) is 49.6 Å². The molecule has 6 heteroatoms. The Morgan fingerprint density at radius 3 is 2.36 bits per heavy atom. The van der Waals surface area contributed by atoms with Crippen molar-refractivity contribution >= 4 is 29.9 Å². The van der Waals surface area contributed by atoms with Crippen LogP contribution in [0.2, 0.25) is 5.02 Å². The molecule has 0 spiro atoms. The van der Waals surface area contributed by atoms with Crippen LogP contribution in [-0.2, 0) is 11.3 Å². The van der Waals surface area contributed by atoms with Crippen LogP contribution in [0.15, 0.2) is 24.3 Å². The van der Waals surface area contributed by atoms with Crippen LogP contribution in [-0.4, -0.2) is 47.9 Å². The number of hydrogen-bond acceptors (Lipinski definition) is 3. The zero-order chi connectivity index (χ0) is 15.2. The highest BCUT2D eigenvalue weighted by Crippen LogP contribution is 2.13.